The van der Waals surface area contributed by atoms with Crippen molar-refractivity contribution in [2.24, 2.45) is 5.41 Å². The molecule has 2 aromatic rings. The van der Waals surface area contributed by atoms with E-state index in [1.807, 2.05) is 6.07 Å². The number of aromatic nitrogens is 1. The molecule has 1 aromatic heterocycles. The molecule has 1 heterocycles. The second-order valence-corrected chi connectivity index (χ2v) is 8.65. The number of rotatable bonds is 3. The average Bonchev–Trinajstić information content (AvgIpc) is 2.69. The Morgan fingerprint density at radius 2 is 1.75 bits per heavy atom. The van der Waals surface area contributed by atoms with Crippen molar-refractivity contribution in [3.05, 3.63) is 52.8 Å². The first kappa shape index (κ1) is 15.3. The molecule has 0 fully saturated rings. The summed E-state index contributed by atoms with van der Waals surface area (Å²) in [7, 11) is -3.53. The molecule has 5 heteroatoms. The summed E-state index contributed by atoms with van der Waals surface area (Å²) in [6.07, 6.45) is 2.51. The smallest absolute Gasteiger partial charge is 0.235 e. The van der Waals surface area contributed by atoms with Crippen molar-refractivity contribution in [1.29, 1.82) is 0 Å². The van der Waals surface area contributed by atoms with Crippen LogP contribution in [-0.4, -0.2) is 12.4 Å². The van der Waals surface area contributed by atoms with E-state index in [2.05, 4.69) is 36.7 Å². The van der Waals surface area contributed by atoms with Gasteiger partial charge in [0.1, 0.15) is 4.60 Å². The van der Waals surface area contributed by atoms with Crippen molar-refractivity contribution in [2.45, 2.75) is 32.1 Å². The van der Waals surface area contributed by atoms with Crippen LogP contribution in [0.15, 0.2) is 52.1 Å². The zero-order chi connectivity index (χ0) is 15.0. The summed E-state index contributed by atoms with van der Waals surface area (Å²) in [6, 6.07) is 10.3. The molecule has 0 atom stereocenters. The molecule has 0 aliphatic carbocycles. The molecule has 0 spiro atoms. The monoisotopic (exact) mass is 355 g/mol. The Balaban J connectivity index is 2.44. The molecule has 2 rings (SSSR count). The molecule has 0 aliphatic heterocycles. The molecule has 20 heavy (non-hydrogen) atoms. The molecular weight excluding hydrogens is 338 g/mol. The molecule has 1 aromatic carbocycles. The fourth-order valence-corrected chi connectivity index (χ4v) is 4.32. The first-order valence-corrected chi connectivity index (χ1v) is 8.61. The van der Waals surface area contributed by atoms with E-state index in [9.17, 15) is 8.42 Å². The number of hydrogen-bond acceptors (Lipinski definition) is 2. The normalized spacial score (nSPS) is 12.6. The fourth-order valence-electron chi connectivity index (χ4n) is 2.07. The first-order valence-electron chi connectivity index (χ1n) is 6.37. The van der Waals surface area contributed by atoms with Gasteiger partial charge < -0.3 is 0 Å². The van der Waals surface area contributed by atoms with E-state index in [0.717, 1.165) is 12.0 Å². The van der Waals surface area contributed by atoms with Crippen molar-refractivity contribution in [1.82, 2.24) is 3.97 Å². The van der Waals surface area contributed by atoms with E-state index in [-0.39, 0.29) is 5.41 Å². The second-order valence-electron chi connectivity index (χ2n) is 6.02. The van der Waals surface area contributed by atoms with Crippen molar-refractivity contribution < 1.29 is 8.42 Å². The predicted molar refractivity (Wildman–Crippen MR) is 84.3 cm³/mol. The van der Waals surface area contributed by atoms with Crippen molar-refractivity contribution >= 4 is 26.0 Å². The molecule has 0 bridgehead atoms. The van der Waals surface area contributed by atoms with Crippen LogP contribution in [0.4, 0.5) is 0 Å². The van der Waals surface area contributed by atoms with Crippen LogP contribution in [-0.2, 0) is 16.4 Å². The topological polar surface area (TPSA) is 39.1 Å². The van der Waals surface area contributed by atoms with E-state index >= 15 is 0 Å². The maximum atomic E-state index is 12.6. The van der Waals surface area contributed by atoms with Crippen LogP contribution in [0.5, 0.6) is 0 Å². The molecule has 0 N–H and O–H groups in total. The first-order chi connectivity index (χ1) is 9.20. The lowest BCUT2D eigenvalue weighted by atomic mass is 9.89. The average molecular weight is 356 g/mol. The highest BCUT2D eigenvalue weighted by molar-refractivity contribution is 9.10. The van der Waals surface area contributed by atoms with Gasteiger partial charge in [0.25, 0.3) is 10.0 Å². The summed E-state index contributed by atoms with van der Waals surface area (Å²) < 4.78 is 27.0. The van der Waals surface area contributed by atoms with Gasteiger partial charge in [0, 0.05) is 6.20 Å². The zero-order valence-corrected chi connectivity index (χ0v) is 14.2. The summed E-state index contributed by atoms with van der Waals surface area (Å²) in [5.41, 5.74) is 1.12. The quantitative estimate of drug-likeness (QED) is 0.831. The summed E-state index contributed by atoms with van der Waals surface area (Å²) in [4.78, 5) is 0.290. The Morgan fingerprint density at radius 1 is 1.15 bits per heavy atom. The molecular formula is C15H18BrNO2S. The lowest BCUT2D eigenvalue weighted by molar-refractivity contribution is 0.411. The van der Waals surface area contributed by atoms with Gasteiger partial charge >= 0.3 is 0 Å². The molecule has 0 radical (unpaired) electrons. The van der Waals surface area contributed by atoms with E-state index in [1.165, 1.54) is 3.97 Å². The Morgan fingerprint density at radius 3 is 2.30 bits per heavy atom. The molecule has 0 amide bonds. The highest BCUT2D eigenvalue weighted by Crippen LogP contribution is 2.27. The highest BCUT2D eigenvalue weighted by atomic mass is 79.9. The van der Waals surface area contributed by atoms with Crippen LogP contribution in [0.1, 0.15) is 26.3 Å². The molecule has 3 nitrogen and oxygen atoms in total. The summed E-state index contributed by atoms with van der Waals surface area (Å²) in [5.74, 6) is 0. The molecule has 108 valence electrons. The van der Waals surface area contributed by atoms with E-state index < -0.39 is 10.0 Å². The summed E-state index contributed by atoms with van der Waals surface area (Å²) in [6.45, 7) is 6.39. The SMILES string of the molecule is CC(C)(C)Cc1cc(Br)n(S(=O)(=O)c2ccccc2)c1. The van der Waals surface area contributed by atoms with Crippen LogP contribution in [0.2, 0.25) is 0 Å². The minimum absolute atomic E-state index is 0.113. The van der Waals surface area contributed by atoms with Gasteiger partial charge in [-0.25, -0.2) is 12.4 Å². The van der Waals surface area contributed by atoms with Crippen molar-refractivity contribution in [2.75, 3.05) is 0 Å². The fraction of sp³-hybridized carbons (Fsp3) is 0.333. The van der Waals surface area contributed by atoms with Gasteiger partial charge in [-0.05, 0) is 51.5 Å². The van der Waals surface area contributed by atoms with Crippen LogP contribution in [0.25, 0.3) is 0 Å². The Kier molecular flexibility index (Phi) is 4.12. The van der Waals surface area contributed by atoms with Crippen LogP contribution >= 0.6 is 15.9 Å². The van der Waals surface area contributed by atoms with Crippen molar-refractivity contribution in [3.8, 4) is 0 Å². The van der Waals surface area contributed by atoms with Crippen LogP contribution in [0, 0.1) is 5.41 Å². The summed E-state index contributed by atoms with van der Waals surface area (Å²) in [5, 5.41) is 0. The van der Waals surface area contributed by atoms with E-state index in [4.69, 9.17) is 0 Å². The maximum absolute atomic E-state index is 12.6. The number of halogens is 1. The highest BCUT2D eigenvalue weighted by Gasteiger charge is 2.21. The molecule has 0 saturated carbocycles. The summed E-state index contributed by atoms with van der Waals surface area (Å²) >= 11 is 3.34. The maximum Gasteiger partial charge on any atom is 0.268 e. The Hall–Kier alpha value is -1.07. The predicted octanol–water partition coefficient (Wildman–Crippen LogP) is 4.08. The third-order valence-corrected chi connectivity index (χ3v) is 5.37. The van der Waals surface area contributed by atoms with Gasteiger partial charge in [0.15, 0.2) is 0 Å². The van der Waals surface area contributed by atoms with Crippen LogP contribution < -0.4 is 0 Å². The molecule has 0 aliphatic rings. The molecule has 0 unspecified atom stereocenters. The van der Waals surface area contributed by atoms with Crippen LogP contribution in [0.3, 0.4) is 0 Å². The van der Waals surface area contributed by atoms with Gasteiger partial charge in [-0.2, -0.15) is 0 Å². The lowest BCUT2D eigenvalue weighted by Gasteiger charge is -2.16. The van der Waals surface area contributed by atoms with Gasteiger partial charge in [0.05, 0.1) is 4.90 Å². The van der Waals surface area contributed by atoms with Gasteiger partial charge in [-0.15, -0.1) is 0 Å². The minimum Gasteiger partial charge on any atom is -0.235 e. The third kappa shape index (κ3) is 3.33. The third-order valence-electron chi connectivity index (χ3n) is 2.83. The van der Waals surface area contributed by atoms with E-state index in [1.54, 1.807) is 36.5 Å². The Labute approximate surface area is 128 Å². The number of hydrogen-bond donors (Lipinski definition) is 0. The largest absolute Gasteiger partial charge is 0.268 e. The molecule has 0 saturated heterocycles. The minimum atomic E-state index is -3.53. The zero-order valence-electron chi connectivity index (χ0n) is 11.8. The lowest BCUT2D eigenvalue weighted by Crippen LogP contribution is -2.12. The van der Waals surface area contributed by atoms with Crippen molar-refractivity contribution in [3.63, 3.8) is 0 Å². The van der Waals surface area contributed by atoms with Gasteiger partial charge in [0.2, 0.25) is 0 Å². The Bertz CT molecular complexity index is 697. The number of benzene rings is 1. The van der Waals surface area contributed by atoms with Gasteiger partial charge in [-0.1, -0.05) is 39.0 Å². The van der Waals surface area contributed by atoms with Gasteiger partial charge in [-0.3, -0.25) is 0 Å². The second kappa shape index (κ2) is 5.37. The standard InChI is InChI=1S/C15H18BrNO2S/c1-15(2,3)10-12-9-14(16)17(11-12)20(18,19)13-7-5-4-6-8-13/h4-9,11H,10H2,1-3H3. The number of nitrogens with zero attached hydrogens (tertiary/aromatic N) is 1. The van der Waals surface area contributed by atoms with E-state index in [0.29, 0.717) is 9.50 Å².